The molecule has 3 heteroatoms. The van der Waals surface area contributed by atoms with E-state index in [1.807, 2.05) is 30.3 Å². The van der Waals surface area contributed by atoms with Crippen LogP contribution in [0.1, 0.15) is 45.6 Å². The van der Waals surface area contributed by atoms with E-state index in [9.17, 15) is 0 Å². The molecule has 2 rings (SSSR count). The summed E-state index contributed by atoms with van der Waals surface area (Å²) >= 11 is 1.70. The van der Waals surface area contributed by atoms with Crippen molar-refractivity contribution in [1.82, 2.24) is 4.98 Å². The van der Waals surface area contributed by atoms with Crippen LogP contribution in [0, 0.1) is 0 Å². The number of unbranched alkanes of at least 4 members (excludes halogenated alkanes) is 2. The van der Waals surface area contributed by atoms with Crippen LogP contribution < -0.4 is 4.74 Å². The van der Waals surface area contributed by atoms with E-state index in [2.05, 4.69) is 38.1 Å². The molecule has 0 unspecified atom stereocenters. The van der Waals surface area contributed by atoms with Gasteiger partial charge in [-0.2, -0.15) is 0 Å². The lowest BCUT2D eigenvalue weighted by Gasteiger charge is -2.09. The average molecular weight is 317 g/mol. The molecule has 1 heterocycles. The third kappa shape index (κ3) is 6.52. The van der Waals surface area contributed by atoms with Crippen molar-refractivity contribution in [3.05, 3.63) is 48.2 Å². The molecule has 2 aromatic rings. The van der Waals surface area contributed by atoms with Crippen molar-refractivity contribution >= 4 is 11.8 Å². The van der Waals surface area contributed by atoms with E-state index >= 15 is 0 Å². The van der Waals surface area contributed by atoms with Gasteiger partial charge in [-0.05, 0) is 36.9 Å². The highest BCUT2D eigenvalue weighted by atomic mass is 32.2. The lowest BCUT2D eigenvalue weighted by molar-refractivity contribution is 0.455. The molecule has 0 aliphatic carbocycles. The average Bonchev–Trinajstić information content (AvgIpc) is 2.57. The van der Waals surface area contributed by atoms with E-state index in [1.165, 1.54) is 24.2 Å². The van der Waals surface area contributed by atoms with Gasteiger partial charge in [-0.3, -0.25) is 0 Å². The number of aryl methyl sites for hydroxylation is 1. The van der Waals surface area contributed by atoms with Crippen molar-refractivity contribution in [3.63, 3.8) is 0 Å². The normalized spacial score (nSPS) is 9.82. The summed E-state index contributed by atoms with van der Waals surface area (Å²) in [6.07, 6.45) is 8.81. The summed E-state index contributed by atoms with van der Waals surface area (Å²) in [5.74, 6) is 1.54. The number of hydrogen-bond donors (Lipinski definition) is 0. The maximum absolute atomic E-state index is 5.82. The van der Waals surface area contributed by atoms with Crippen LogP contribution >= 0.6 is 11.8 Å². The molecule has 0 amide bonds. The molecule has 1 aromatic carbocycles. The summed E-state index contributed by atoms with van der Waals surface area (Å²) in [4.78, 5) is 5.46. The van der Waals surface area contributed by atoms with Gasteiger partial charge >= 0.3 is 0 Å². The van der Waals surface area contributed by atoms with Crippen LogP contribution in [-0.2, 0) is 6.42 Å². The highest BCUT2D eigenvalue weighted by Crippen LogP contribution is 2.26. The van der Waals surface area contributed by atoms with Crippen LogP contribution in [0.15, 0.2) is 47.5 Å². The van der Waals surface area contributed by atoms with E-state index < -0.39 is 0 Å². The lowest BCUT2D eigenvalue weighted by atomic mass is 10.2. The van der Waals surface area contributed by atoms with Gasteiger partial charge in [-0.1, -0.05) is 52.2 Å². The first-order valence-electron chi connectivity index (χ1n) is 8.00. The zero-order valence-corrected chi connectivity index (χ0v) is 15.0. The molecule has 2 nitrogen and oxygen atoms in total. The molecule has 0 spiro atoms. The first-order chi connectivity index (χ1) is 10.7. The highest BCUT2D eigenvalue weighted by Gasteiger charge is 2.04. The summed E-state index contributed by atoms with van der Waals surface area (Å²) in [6.45, 7) is 6.52. The van der Waals surface area contributed by atoms with E-state index in [0.29, 0.717) is 5.88 Å². The van der Waals surface area contributed by atoms with Crippen molar-refractivity contribution in [2.75, 3.05) is 6.26 Å². The van der Waals surface area contributed by atoms with Crippen LogP contribution in [0.25, 0.3) is 0 Å². The topological polar surface area (TPSA) is 22.1 Å². The van der Waals surface area contributed by atoms with Gasteiger partial charge in [0.2, 0.25) is 5.88 Å². The number of pyridine rings is 1. The van der Waals surface area contributed by atoms with Gasteiger partial charge in [-0.25, -0.2) is 4.98 Å². The van der Waals surface area contributed by atoms with Gasteiger partial charge in [0.1, 0.15) is 5.75 Å². The SMILES string of the molecule is CCCCC.CCc1cccnc1Oc1cccc(SC)c1. The quantitative estimate of drug-likeness (QED) is 0.579. The minimum atomic E-state index is 0.702. The predicted octanol–water partition coefficient (Wildman–Crippen LogP) is 6.35. The van der Waals surface area contributed by atoms with E-state index in [0.717, 1.165) is 17.7 Å². The van der Waals surface area contributed by atoms with Crippen molar-refractivity contribution in [2.45, 2.75) is 51.3 Å². The molecule has 0 aliphatic rings. The first-order valence-corrected chi connectivity index (χ1v) is 9.23. The number of ether oxygens (including phenoxy) is 1. The molecule has 1 aromatic heterocycles. The zero-order chi connectivity index (χ0) is 16.2. The Morgan fingerprint density at radius 3 is 2.41 bits per heavy atom. The maximum atomic E-state index is 5.82. The van der Waals surface area contributed by atoms with Gasteiger partial charge in [-0.15, -0.1) is 11.8 Å². The summed E-state index contributed by atoms with van der Waals surface area (Å²) < 4.78 is 5.82. The molecule has 0 saturated heterocycles. The van der Waals surface area contributed by atoms with E-state index in [-0.39, 0.29) is 0 Å². The fourth-order valence-electron chi connectivity index (χ4n) is 1.91. The third-order valence-corrected chi connectivity index (χ3v) is 3.92. The molecule has 0 N–H and O–H groups in total. The second kappa shape index (κ2) is 11.1. The van der Waals surface area contributed by atoms with Crippen LogP contribution in [0.2, 0.25) is 0 Å². The summed E-state index contributed by atoms with van der Waals surface area (Å²) in [6, 6.07) is 12.0. The van der Waals surface area contributed by atoms with Crippen LogP contribution in [0.5, 0.6) is 11.6 Å². The summed E-state index contributed by atoms with van der Waals surface area (Å²) in [7, 11) is 0. The molecule has 0 radical (unpaired) electrons. The zero-order valence-electron chi connectivity index (χ0n) is 14.1. The Bertz CT molecular complexity index is 540. The van der Waals surface area contributed by atoms with E-state index in [1.54, 1.807) is 18.0 Å². The number of benzene rings is 1. The number of nitrogens with zero attached hydrogens (tertiary/aromatic N) is 1. The Labute approximate surface area is 139 Å². The lowest BCUT2D eigenvalue weighted by Crippen LogP contribution is -1.93. The first kappa shape index (κ1) is 18.6. The maximum Gasteiger partial charge on any atom is 0.222 e. The Kier molecular flexibility index (Phi) is 9.40. The fourth-order valence-corrected chi connectivity index (χ4v) is 2.36. The minimum absolute atomic E-state index is 0.702. The van der Waals surface area contributed by atoms with Crippen LogP contribution in [0.3, 0.4) is 0 Å². The van der Waals surface area contributed by atoms with Crippen molar-refractivity contribution in [2.24, 2.45) is 0 Å². The Morgan fingerprint density at radius 2 is 1.82 bits per heavy atom. The molecule has 0 bridgehead atoms. The monoisotopic (exact) mass is 317 g/mol. The molecule has 22 heavy (non-hydrogen) atoms. The Balaban J connectivity index is 0.000000422. The van der Waals surface area contributed by atoms with Gasteiger partial charge in [0, 0.05) is 16.7 Å². The van der Waals surface area contributed by atoms with Gasteiger partial charge in [0.05, 0.1) is 0 Å². The third-order valence-electron chi connectivity index (χ3n) is 3.19. The van der Waals surface area contributed by atoms with Crippen molar-refractivity contribution < 1.29 is 4.74 Å². The number of thioether (sulfide) groups is 1. The molecule has 0 fully saturated rings. The second-order valence-corrected chi connectivity index (χ2v) is 5.84. The molecular formula is C19H27NOS. The standard InChI is InChI=1S/C14H15NOS.C5H12/c1-3-11-6-5-9-15-14(11)16-12-7-4-8-13(10-12)17-2;1-3-5-4-2/h4-10H,3H2,1-2H3;3-5H2,1-2H3. The molecule has 0 saturated carbocycles. The van der Waals surface area contributed by atoms with Gasteiger partial charge in [0.25, 0.3) is 0 Å². The minimum Gasteiger partial charge on any atom is -0.439 e. The summed E-state index contributed by atoms with van der Waals surface area (Å²) in [5.41, 5.74) is 1.13. The Morgan fingerprint density at radius 1 is 1.05 bits per heavy atom. The highest BCUT2D eigenvalue weighted by molar-refractivity contribution is 7.98. The molecule has 0 atom stereocenters. The number of hydrogen-bond acceptors (Lipinski definition) is 3. The second-order valence-electron chi connectivity index (χ2n) is 4.96. The van der Waals surface area contributed by atoms with Crippen LogP contribution in [-0.4, -0.2) is 11.2 Å². The summed E-state index contributed by atoms with van der Waals surface area (Å²) in [5, 5.41) is 0. The largest absolute Gasteiger partial charge is 0.439 e. The van der Waals surface area contributed by atoms with Crippen molar-refractivity contribution in [1.29, 1.82) is 0 Å². The molecule has 120 valence electrons. The van der Waals surface area contributed by atoms with E-state index in [4.69, 9.17) is 4.74 Å². The molecule has 0 aliphatic heterocycles. The number of rotatable bonds is 6. The smallest absolute Gasteiger partial charge is 0.222 e. The van der Waals surface area contributed by atoms with Crippen LogP contribution in [0.4, 0.5) is 0 Å². The fraction of sp³-hybridized carbons (Fsp3) is 0.421. The molecular weight excluding hydrogens is 290 g/mol. The van der Waals surface area contributed by atoms with Gasteiger partial charge < -0.3 is 4.74 Å². The van der Waals surface area contributed by atoms with Crippen molar-refractivity contribution in [3.8, 4) is 11.6 Å². The number of aromatic nitrogens is 1. The predicted molar refractivity (Wildman–Crippen MR) is 97.1 cm³/mol. The van der Waals surface area contributed by atoms with Gasteiger partial charge in [0.15, 0.2) is 0 Å². The Hall–Kier alpha value is -1.48.